The van der Waals surface area contributed by atoms with Crippen molar-refractivity contribution >= 4 is 5.91 Å². The maximum absolute atomic E-state index is 12.3. The first kappa shape index (κ1) is 15.1. The van der Waals surface area contributed by atoms with Gasteiger partial charge in [0.25, 0.3) is 5.56 Å². The van der Waals surface area contributed by atoms with E-state index >= 15 is 0 Å². The van der Waals surface area contributed by atoms with Crippen molar-refractivity contribution < 1.29 is 4.79 Å². The summed E-state index contributed by atoms with van der Waals surface area (Å²) < 4.78 is 0. The SMILES string of the molecule is O=C(CC1Cc2ccccc2C1)NC1CC(c2cc(=O)[nH]cn2)C1. The first-order valence-electron chi connectivity index (χ1n) is 8.58. The standard InChI is InChI=1S/C19H21N3O2/c23-18-10-17(20-11-21-18)15-8-16(9-15)22-19(24)7-12-5-13-3-1-2-4-14(13)6-12/h1-4,10-12,15-16H,5-9H2,(H,22,24)(H,20,21,23). The summed E-state index contributed by atoms with van der Waals surface area (Å²) in [6.45, 7) is 0. The first-order chi connectivity index (χ1) is 11.7. The maximum atomic E-state index is 12.3. The molecule has 2 aliphatic carbocycles. The van der Waals surface area contributed by atoms with Crippen molar-refractivity contribution in [2.75, 3.05) is 0 Å². The third-order valence-corrected chi connectivity index (χ3v) is 5.23. The maximum Gasteiger partial charge on any atom is 0.250 e. The van der Waals surface area contributed by atoms with Crippen LogP contribution in [0.2, 0.25) is 0 Å². The van der Waals surface area contributed by atoms with Crippen LogP contribution in [0.1, 0.15) is 42.0 Å². The van der Waals surface area contributed by atoms with Crippen molar-refractivity contribution in [2.24, 2.45) is 5.92 Å². The second-order valence-electron chi connectivity index (χ2n) is 7.02. The van der Waals surface area contributed by atoms with Crippen molar-refractivity contribution in [1.82, 2.24) is 15.3 Å². The summed E-state index contributed by atoms with van der Waals surface area (Å²) in [5, 5.41) is 3.13. The Balaban J connectivity index is 1.25. The molecule has 0 bridgehead atoms. The van der Waals surface area contributed by atoms with E-state index < -0.39 is 0 Å². The second kappa shape index (κ2) is 6.23. The molecule has 24 heavy (non-hydrogen) atoms. The fourth-order valence-corrected chi connectivity index (χ4v) is 3.93. The second-order valence-corrected chi connectivity index (χ2v) is 7.02. The van der Waals surface area contributed by atoms with E-state index in [1.54, 1.807) is 6.07 Å². The molecule has 2 aliphatic rings. The Labute approximate surface area is 140 Å². The molecule has 1 aromatic carbocycles. The molecule has 1 amide bonds. The predicted molar refractivity (Wildman–Crippen MR) is 90.7 cm³/mol. The van der Waals surface area contributed by atoms with Gasteiger partial charge >= 0.3 is 0 Å². The van der Waals surface area contributed by atoms with Crippen LogP contribution < -0.4 is 10.9 Å². The molecule has 5 heteroatoms. The summed E-state index contributed by atoms with van der Waals surface area (Å²) in [5.74, 6) is 0.857. The number of nitrogens with one attached hydrogen (secondary N) is 2. The zero-order valence-corrected chi connectivity index (χ0v) is 13.5. The number of fused-ring (bicyclic) bond motifs is 1. The van der Waals surface area contributed by atoms with Crippen LogP contribution in [0.25, 0.3) is 0 Å². The molecule has 124 valence electrons. The number of aromatic amines is 1. The van der Waals surface area contributed by atoms with E-state index in [-0.39, 0.29) is 23.4 Å². The third kappa shape index (κ3) is 3.11. The van der Waals surface area contributed by atoms with E-state index in [0.29, 0.717) is 12.3 Å². The highest BCUT2D eigenvalue weighted by Crippen LogP contribution is 2.35. The predicted octanol–water partition coefficient (Wildman–Crippen LogP) is 1.94. The van der Waals surface area contributed by atoms with E-state index in [4.69, 9.17) is 0 Å². The monoisotopic (exact) mass is 323 g/mol. The van der Waals surface area contributed by atoms with Gasteiger partial charge in [-0.25, -0.2) is 4.98 Å². The zero-order valence-electron chi connectivity index (χ0n) is 13.5. The van der Waals surface area contributed by atoms with Gasteiger partial charge in [0.2, 0.25) is 5.91 Å². The van der Waals surface area contributed by atoms with E-state index in [2.05, 4.69) is 39.6 Å². The average Bonchev–Trinajstić information content (AvgIpc) is 2.92. The Hall–Kier alpha value is -2.43. The van der Waals surface area contributed by atoms with Gasteiger partial charge in [-0.3, -0.25) is 9.59 Å². The Kier molecular flexibility index (Phi) is 3.92. The Morgan fingerprint density at radius 1 is 1.21 bits per heavy atom. The van der Waals surface area contributed by atoms with Gasteiger partial charge in [0, 0.05) is 24.4 Å². The molecular formula is C19H21N3O2. The quantitative estimate of drug-likeness (QED) is 0.903. The lowest BCUT2D eigenvalue weighted by molar-refractivity contribution is -0.123. The molecule has 5 nitrogen and oxygen atoms in total. The molecular weight excluding hydrogens is 302 g/mol. The van der Waals surface area contributed by atoms with Crippen LogP contribution in [0.5, 0.6) is 0 Å². The molecule has 1 heterocycles. The number of H-pyrrole nitrogens is 1. The minimum absolute atomic E-state index is 0.117. The fraction of sp³-hybridized carbons (Fsp3) is 0.421. The van der Waals surface area contributed by atoms with Crippen molar-refractivity contribution in [3.63, 3.8) is 0 Å². The highest BCUT2D eigenvalue weighted by Gasteiger charge is 2.33. The van der Waals surface area contributed by atoms with Gasteiger partial charge in [0.05, 0.1) is 12.0 Å². The number of amides is 1. The van der Waals surface area contributed by atoms with E-state index in [9.17, 15) is 9.59 Å². The Morgan fingerprint density at radius 3 is 2.58 bits per heavy atom. The first-order valence-corrected chi connectivity index (χ1v) is 8.58. The lowest BCUT2D eigenvalue weighted by Crippen LogP contribution is -2.44. The van der Waals surface area contributed by atoms with Crippen LogP contribution in [-0.2, 0) is 17.6 Å². The van der Waals surface area contributed by atoms with Crippen molar-refractivity contribution in [3.05, 3.63) is 63.8 Å². The summed E-state index contributed by atoms with van der Waals surface area (Å²) >= 11 is 0. The molecule has 4 rings (SSSR count). The topological polar surface area (TPSA) is 74.8 Å². The molecule has 0 radical (unpaired) electrons. The number of nitrogens with zero attached hydrogens (tertiary/aromatic N) is 1. The lowest BCUT2D eigenvalue weighted by atomic mass is 9.78. The zero-order chi connectivity index (χ0) is 16.5. The molecule has 1 saturated carbocycles. The minimum Gasteiger partial charge on any atom is -0.353 e. The van der Waals surface area contributed by atoms with Crippen LogP contribution >= 0.6 is 0 Å². The summed E-state index contributed by atoms with van der Waals surface area (Å²) in [5.41, 5.74) is 3.49. The van der Waals surface area contributed by atoms with Crippen molar-refractivity contribution in [2.45, 2.75) is 44.1 Å². The molecule has 1 fully saturated rings. The fourth-order valence-electron chi connectivity index (χ4n) is 3.93. The smallest absolute Gasteiger partial charge is 0.250 e. The third-order valence-electron chi connectivity index (χ3n) is 5.23. The largest absolute Gasteiger partial charge is 0.353 e. The van der Waals surface area contributed by atoms with E-state index in [1.807, 2.05) is 0 Å². The lowest BCUT2D eigenvalue weighted by Gasteiger charge is -2.35. The minimum atomic E-state index is -0.117. The van der Waals surface area contributed by atoms with Crippen molar-refractivity contribution in [1.29, 1.82) is 0 Å². The van der Waals surface area contributed by atoms with Crippen LogP contribution in [0.3, 0.4) is 0 Å². The normalized spacial score (nSPS) is 22.7. The van der Waals surface area contributed by atoms with Gasteiger partial charge in [-0.05, 0) is 42.7 Å². The molecule has 0 atom stereocenters. The summed E-state index contributed by atoms with van der Waals surface area (Å²) in [6, 6.07) is 10.2. The molecule has 2 aromatic rings. The number of hydrogen-bond donors (Lipinski definition) is 2. The van der Waals surface area contributed by atoms with Gasteiger partial charge in [0.1, 0.15) is 0 Å². The number of carbonyl (C=O) groups excluding carboxylic acids is 1. The Bertz CT molecular complexity index is 783. The van der Waals surface area contributed by atoms with Gasteiger partial charge in [-0.1, -0.05) is 24.3 Å². The summed E-state index contributed by atoms with van der Waals surface area (Å²) in [7, 11) is 0. The number of benzene rings is 1. The van der Waals surface area contributed by atoms with Crippen LogP contribution in [0.15, 0.2) is 41.5 Å². The average molecular weight is 323 g/mol. The van der Waals surface area contributed by atoms with Gasteiger partial charge in [0.15, 0.2) is 0 Å². The van der Waals surface area contributed by atoms with Crippen LogP contribution in [0.4, 0.5) is 0 Å². The van der Waals surface area contributed by atoms with Crippen LogP contribution in [-0.4, -0.2) is 21.9 Å². The Morgan fingerprint density at radius 2 is 1.92 bits per heavy atom. The number of carbonyl (C=O) groups is 1. The number of rotatable bonds is 4. The molecule has 0 unspecified atom stereocenters. The van der Waals surface area contributed by atoms with Gasteiger partial charge in [-0.15, -0.1) is 0 Å². The van der Waals surface area contributed by atoms with Crippen LogP contribution in [0, 0.1) is 5.92 Å². The van der Waals surface area contributed by atoms with E-state index in [1.165, 1.54) is 17.5 Å². The molecule has 1 aromatic heterocycles. The molecule has 0 spiro atoms. The summed E-state index contributed by atoms with van der Waals surface area (Å²) in [4.78, 5) is 30.3. The number of aromatic nitrogens is 2. The molecule has 0 saturated heterocycles. The van der Waals surface area contributed by atoms with Crippen molar-refractivity contribution in [3.8, 4) is 0 Å². The number of hydrogen-bond acceptors (Lipinski definition) is 3. The van der Waals surface area contributed by atoms with E-state index in [0.717, 1.165) is 31.4 Å². The highest BCUT2D eigenvalue weighted by molar-refractivity contribution is 5.77. The molecule has 2 N–H and O–H groups in total. The van der Waals surface area contributed by atoms with Gasteiger partial charge in [-0.2, -0.15) is 0 Å². The van der Waals surface area contributed by atoms with Gasteiger partial charge < -0.3 is 10.3 Å². The molecule has 0 aliphatic heterocycles. The highest BCUT2D eigenvalue weighted by atomic mass is 16.1. The summed E-state index contributed by atoms with van der Waals surface area (Å²) in [6.07, 6.45) is 5.79.